The molecule has 0 spiro atoms. The van der Waals surface area contributed by atoms with Crippen LogP contribution in [0.4, 0.5) is 19.1 Å². The molecule has 0 atom stereocenters. The Morgan fingerprint density at radius 1 is 1.26 bits per heavy atom. The lowest BCUT2D eigenvalue weighted by molar-refractivity contribution is -0.685. The monoisotopic (exact) mass is 416 g/mol. The zero-order chi connectivity index (χ0) is 18.0. The molecule has 2 aromatic rings. The van der Waals surface area contributed by atoms with Crippen LogP contribution >= 0.6 is 15.9 Å². The number of hydrogen-bond donors (Lipinski definition) is 1. The summed E-state index contributed by atoms with van der Waals surface area (Å²) < 4.78 is 71.5. The second-order valence-electron chi connectivity index (χ2n) is 4.39. The average molecular weight is 417 g/mol. The van der Waals surface area contributed by atoms with Gasteiger partial charge in [-0.2, -0.15) is 17.7 Å². The lowest BCUT2D eigenvalue weighted by Crippen LogP contribution is -2.37. The van der Waals surface area contributed by atoms with Crippen molar-refractivity contribution in [1.29, 1.82) is 0 Å². The Morgan fingerprint density at radius 3 is 2.04 bits per heavy atom. The second-order valence-corrected chi connectivity index (χ2v) is 6.71. The summed E-state index contributed by atoms with van der Waals surface area (Å²) in [5.74, 6) is -1.38. The lowest BCUT2D eigenvalue weighted by Gasteiger charge is -1.98. The van der Waals surface area contributed by atoms with Crippen LogP contribution in [0.3, 0.4) is 0 Å². The minimum Gasteiger partial charge on any atom is -0.748 e. The van der Waals surface area contributed by atoms with Gasteiger partial charge in [0.2, 0.25) is 0 Å². The van der Waals surface area contributed by atoms with Gasteiger partial charge in [-0.1, -0.05) is 15.9 Å². The van der Waals surface area contributed by atoms with Gasteiger partial charge in [-0.25, -0.2) is 8.42 Å². The van der Waals surface area contributed by atoms with Crippen molar-refractivity contribution in [3.05, 3.63) is 34.6 Å². The number of nitrogens with zero attached hydrogens (tertiary/aromatic N) is 1. The molecule has 2 rings (SSSR count). The highest BCUT2D eigenvalue weighted by Gasteiger charge is 2.47. The van der Waals surface area contributed by atoms with Gasteiger partial charge in [-0.15, -0.1) is 0 Å². The first-order chi connectivity index (χ1) is 10.3. The van der Waals surface area contributed by atoms with Crippen molar-refractivity contribution in [2.24, 2.45) is 7.05 Å². The molecule has 11 heteroatoms. The van der Waals surface area contributed by atoms with Gasteiger partial charge >= 0.3 is 12.1 Å². The van der Waals surface area contributed by atoms with Gasteiger partial charge < -0.3 is 14.7 Å². The number of hydrogen-bond acceptors (Lipinski definition) is 5. The summed E-state index contributed by atoms with van der Waals surface area (Å²) in [4.78, 5) is 0. The molecule has 1 heterocycles. The van der Waals surface area contributed by atoms with Gasteiger partial charge in [-0.3, -0.25) is 0 Å². The maximum absolute atomic E-state index is 12.6. The zero-order valence-electron chi connectivity index (χ0n) is 11.9. The third-order valence-electron chi connectivity index (χ3n) is 2.44. The number of alkyl halides is 3. The van der Waals surface area contributed by atoms with Crippen molar-refractivity contribution < 1.29 is 35.1 Å². The van der Waals surface area contributed by atoms with Crippen LogP contribution in [-0.2, 0) is 23.3 Å². The summed E-state index contributed by atoms with van der Waals surface area (Å²) in [5.41, 5.74) is 6.27. The quantitative estimate of drug-likeness (QED) is 0.567. The van der Waals surface area contributed by atoms with Gasteiger partial charge in [0.25, 0.3) is 11.6 Å². The van der Waals surface area contributed by atoms with Crippen LogP contribution in [0.1, 0.15) is 5.89 Å². The molecular weight excluding hydrogens is 405 g/mol. The zero-order valence-corrected chi connectivity index (χ0v) is 14.3. The molecule has 0 saturated heterocycles. The summed E-state index contributed by atoms with van der Waals surface area (Å²) >= 11 is 3.25. The molecule has 0 aliphatic rings. The Hall–Kier alpha value is -1.59. The molecule has 23 heavy (non-hydrogen) atoms. The van der Waals surface area contributed by atoms with Crippen LogP contribution in [-0.4, -0.2) is 19.2 Å². The van der Waals surface area contributed by atoms with Gasteiger partial charge in [0.05, 0.1) is 15.7 Å². The number of anilines is 1. The van der Waals surface area contributed by atoms with E-state index in [0.717, 1.165) is 9.04 Å². The first-order valence-corrected chi connectivity index (χ1v) is 8.44. The first-order valence-electron chi connectivity index (χ1n) is 5.83. The average Bonchev–Trinajstić information content (AvgIpc) is 2.64. The number of benzene rings is 1. The maximum Gasteiger partial charge on any atom is 0.517 e. The molecule has 0 bridgehead atoms. The Bertz CT molecular complexity index is 778. The number of rotatable bonds is 1. The molecule has 0 amide bonds. The number of aromatic nitrogens is 1. The molecule has 0 saturated carbocycles. The van der Waals surface area contributed by atoms with E-state index < -0.39 is 22.2 Å². The third-order valence-corrected chi connectivity index (χ3v) is 2.97. The lowest BCUT2D eigenvalue weighted by atomic mass is 10.1. The molecule has 0 aliphatic heterocycles. The van der Waals surface area contributed by atoms with Crippen molar-refractivity contribution >= 4 is 31.9 Å². The Labute approximate surface area is 138 Å². The van der Waals surface area contributed by atoms with Crippen LogP contribution in [0.5, 0.6) is 0 Å². The van der Waals surface area contributed by atoms with Crippen LogP contribution in [0.15, 0.2) is 33.2 Å². The van der Waals surface area contributed by atoms with Gasteiger partial charge in [0, 0.05) is 10.7 Å². The van der Waals surface area contributed by atoms with Crippen LogP contribution < -0.4 is 10.3 Å². The SMILES string of the molecule is CS(=O)(=O)[O-].C[n+]1c(C(F)(F)F)oc(N)c1-c1ccc(Br)cc1. The summed E-state index contributed by atoms with van der Waals surface area (Å²) in [5, 5.41) is 0. The van der Waals surface area contributed by atoms with Crippen molar-refractivity contribution in [2.75, 3.05) is 12.0 Å². The fraction of sp³-hybridized carbons (Fsp3) is 0.250. The topological polar surface area (TPSA) is 100 Å². The number of halogens is 4. The fourth-order valence-corrected chi connectivity index (χ4v) is 1.94. The summed E-state index contributed by atoms with van der Waals surface area (Å²) in [6.45, 7) is 0. The molecule has 6 nitrogen and oxygen atoms in total. The summed E-state index contributed by atoms with van der Waals surface area (Å²) in [7, 11) is -2.65. The third kappa shape index (κ3) is 5.84. The van der Waals surface area contributed by atoms with Crippen molar-refractivity contribution in [1.82, 2.24) is 0 Å². The van der Waals surface area contributed by atoms with Gasteiger partial charge in [0.15, 0.2) is 0 Å². The van der Waals surface area contributed by atoms with E-state index in [1.807, 2.05) is 0 Å². The normalized spacial score (nSPS) is 11.8. The number of nitrogens with two attached hydrogens (primary N) is 1. The molecule has 0 aliphatic carbocycles. The standard InChI is InChI=1S/C11H9BrF3N2O.CH4O3S/c1-17-8(6-2-4-7(12)5-3-6)9(16)18-10(17)11(13,14)15;1-5(2,3)4/h2-5H,16H2,1H3;1H3,(H,2,3,4)/q+1;/p-1. The summed E-state index contributed by atoms with van der Waals surface area (Å²) in [6, 6.07) is 6.75. The van der Waals surface area contributed by atoms with Gasteiger partial charge in [0.1, 0.15) is 7.05 Å². The first kappa shape index (κ1) is 19.5. The molecule has 1 aromatic carbocycles. The predicted octanol–water partition coefficient (Wildman–Crippen LogP) is 2.30. The largest absolute Gasteiger partial charge is 0.748 e. The molecule has 1 aromatic heterocycles. The number of nitrogen functional groups attached to an aromatic ring is 1. The van der Waals surface area contributed by atoms with E-state index in [1.165, 1.54) is 7.05 Å². The van der Waals surface area contributed by atoms with E-state index in [-0.39, 0.29) is 11.6 Å². The minimum absolute atomic E-state index is 0.204. The van der Waals surface area contributed by atoms with Crippen molar-refractivity contribution in [2.45, 2.75) is 6.18 Å². The molecule has 0 fully saturated rings. The molecule has 2 N–H and O–H groups in total. The van der Waals surface area contributed by atoms with Crippen molar-refractivity contribution in [3.8, 4) is 11.3 Å². The van der Waals surface area contributed by atoms with Gasteiger partial charge in [-0.05, 0) is 24.3 Å². The molecule has 128 valence electrons. The highest BCUT2D eigenvalue weighted by molar-refractivity contribution is 9.10. The van der Waals surface area contributed by atoms with E-state index >= 15 is 0 Å². The summed E-state index contributed by atoms with van der Waals surface area (Å²) in [6.07, 6.45) is -3.97. The maximum atomic E-state index is 12.6. The van der Waals surface area contributed by atoms with Crippen LogP contribution in [0.2, 0.25) is 0 Å². The van der Waals surface area contributed by atoms with E-state index in [4.69, 9.17) is 18.7 Å². The van der Waals surface area contributed by atoms with Crippen LogP contribution in [0.25, 0.3) is 11.3 Å². The second kappa shape index (κ2) is 6.89. The fourth-order valence-electron chi connectivity index (χ4n) is 1.68. The molecular formula is C12H12BrF3N2O4S. The highest BCUT2D eigenvalue weighted by atomic mass is 79.9. The predicted molar refractivity (Wildman–Crippen MR) is 78.1 cm³/mol. The minimum atomic E-state index is -4.57. The molecule has 0 unspecified atom stereocenters. The van der Waals surface area contributed by atoms with Crippen molar-refractivity contribution in [3.63, 3.8) is 0 Å². The van der Waals surface area contributed by atoms with E-state index in [2.05, 4.69) is 20.3 Å². The van der Waals surface area contributed by atoms with Crippen LogP contribution in [0, 0.1) is 0 Å². The van der Waals surface area contributed by atoms with E-state index in [9.17, 15) is 13.2 Å². The van der Waals surface area contributed by atoms with E-state index in [1.54, 1.807) is 24.3 Å². The smallest absolute Gasteiger partial charge is 0.517 e. The van der Waals surface area contributed by atoms with E-state index in [0.29, 0.717) is 11.8 Å². The number of oxazole rings is 1. The Morgan fingerprint density at radius 2 is 1.70 bits per heavy atom. The highest BCUT2D eigenvalue weighted by Crippen LogP contribution is 2.33. The molecule has 0 radical (unpaired) electrons. The Kier molecular flexibility index (Phi) is 5.83. The Balaban J connectivity index is 0.000000463.